The average Bonchev–Trinajstić information content (AvgIpc) is 2.25. The maximum Gasteiger partial charge on any atom is 0.335 e. The Morgan fingerprint density at radius 1 is 1.15 bits per heavy atom. The molecule has 3 nitrogen and oxygen atoms in total. The van der Waals surface area contributed by atoms with E-state index in [1.54, 1.807) is 12.1 Å². The van der Waals surface area contributed by atoms with Gasteiger partial charge in [-0.1, -0.05) is 41.5 Å². The van der Waals surface area contributed by atoms with Crippen LogP contribution in [0.3, 0.4) is 0 Å². The second kappa shape index (κ2) is 5.47. The molecular weight excluding hydrogens is 252 g/mol. The quantitative estimate of drug-likeness (QED) is 0.860. The molecule has 0 aromatic heterocycles. The van der Waals surface area contributed by atoms with Crippen molar-refractivity contribution in [3.63, 3.8) is 0 Å². The van der Waals surface area contributed by atoms with Gasteiger partial charge in [-0.15, -0.1) is 0 Å². The number of aromatic hydroxyl groups is 1. The Balaban J connectivity index is 3.42. The minimum atomic E-state index is -0.951. The molecule has 1 aromatic rings. The number of carboxylic acids is 1. The first-order valence-electron chi connectivity index (χ1n) is 7.07. The van der Waals surface area contributed by atoms with Crippen molar-refractivity contribution in [2.45, 2.75) is 59.8 Å². The smallest absolute Gasteiger partial charge is 0.335 e. The van der Waals surface area contributed by atoms with Crippen LogP contribution in [-0.2, 0) is 11.8 Å². The molecule has 0 saturated carbocycles. The topological polar surface area (TPSA) is 57.5 Å². The van der Waals surface area contributed by atoms with E-state index in [4.69, 9.17) is 0 Å². The summed E-state index contributed by atoms with van der Waals surface area (Å²) in [6.45, 7) is 12.5. The molecule has 112 valence electrons. The number of phenolic OH excluding ortho intramolecular Hbond substituents is 1. The van der Waals surface area contributed by atoms with E-state index < -0.39 is 5.97 Å². The fourth-order valence-corrected chi connectivity index (χ4v) is 3.02. The van der Waals surface area contributed by atoms with Crippen LogP contribution in [0.4, 0.5) is 0 Å². The van der Waals surface area contributed by atoms with E-state index >= 15 is 0 Å². The van der Waals surface area contributed by atoms with Gasteiger partial charge < -0.3 is 10.2 Å². The van der Waals surface area contributed by atoms with Gasteiger partial charge in [0.2, 0.25) is 0 Å². The second-order valence-corrected chi connectivity index (χ2v) is 7.31. The molecule has 0 radical (unpaired) electrons. The first kappa shape index (κ1) is 16.5. The zero-order valence-corrected chi connectivity index (χ0v) is 13.4. The summed E-state index contributed by atoms with van der Waals surface area (Å²) in [4.78, 5) is 11.3. The van der Waals surface area contributed by atoms with Crippen molar-refractivity contribution in [2.24, 2.45) is 5.41 Å². The van der Waals surface area contributed by atoms with Crippen LogP contribution in [0.5, 0.6) is 5.75 Å². The zero-order valence-electron chi connectivity index (χ0n) is 13.4. The van der Waals surface area contributed by atoms with Crippen molar-refractivity contribution in [2.75, 3.05) is 0 Å². The largest absolute Gasteiger partial charge is 0.507 e. The molecule has 0 bridgehead atoms. The van der Waals surface area contributed by atoms with Crippen LogP contribution in [0.1, 0.15) is 69.4 Å². The fourth-order valence-electron chi connectivity index (χ4n) is 3.02. The Hall–Kier alpha value is -1.51. The van der Waals surface area contributed by atoms with Gasteiger partial charge in [-0.3, -0.25) is 0 Å². The molecule has 2 N–H and O–H groups in total. The van der Waals surface area contributed by atoms with Crippen molar-refractivity contribution in [3.8, 4) is 5.75 Å². The molecule has 20 heavy (non-hydrogen) atoms. The molecular formula is C17H26O3. The molecule has 3 heteroatoms. The summed E-state index contributed by atoms with van der Waals surface area (Å²) in [6.07, 6.45) is 1.48. The molecule has 0 spiro atoms. The van der Waals surface area contributed by atoms with Crippen molar-refractivity contribution >= 4 is 5.97 Å². The monoisotopic (exact) mass is 278 g/mol. The number of benzene rings is 1. The summed E-state index contributed by atoms with van der Waals surface area (Å²) in [5.41, 5.74) is 1.49. The van der Waals surface area contributed by atoms with Crippen molar-refractivity contribution in [1.82, 2.24) is 0 Å². The van der Waals surface area contributed by atoms with Gasteiger partial charge in [0.05, 0.1) is 5.56 Å². The summed E-state index contributed by atoms with van der Waals surface area (Å²) in [5.74, 6) is -0.709. The van der Waals surface area contributed by atoms with E-state index in [9.17, 15) is 15.0 Å². The molecule has 0 aliphatic carbocycles. The lowest BCUT2D eigenvalue weighted by Crippen LogP contribution is -2.25. The number of phenols is 1. The van der Waals surface area contributed by atoms with Crippen LogP contribution in [0.2, 0.25) is 0 Å². The summed E-state index contributed by atoms with van der Waals surface area (Å²) in [7, 11) is 0. The zero-order chi connectivity index (χ0) is 15.7. The van der Waals surface area contributed by atoms with Crippen LogP contribution in [0.25, 0.3) is 0 Å². The van der Waals surface area contributed by atoms with Crippen LogP contribution < -0.4 is 0 Å². The summed E-state index contributed by atoms with van der Waals surface area (Å²) in [6, 6.07) is 3.18. The third-order valence-electron chi connectivity index (χ3n) is 3.52. The van der Waals surface area contributed by atoms with E-state index in [2.05, 4.69) is 34.6 Å². The Morgan fingerprint density at radius 3 is 2.10 bits per heavy atom. The molecule has 0 aliphatic rings. The standard InChI is InChI=1S/C17H26O3/c1-7-11-8-12(15(19)20)9-13(14(11)18)17(5,6)10-16(2,3)4/h8-9,18H,7,10H2,1-6H3,(H,19,20). The van der Waals surface area contributed by atoms with Gasteiger partial charge in [-0.05, 0) is 41.4 Å². The molecule has 0 unspecified atom stereocenters. The van der Waals surface area contributed by atoms with Crippen LogP contribution in [0.15, 0.2) is 12.1 Å². The van der Waals surface area contributed by atoms with E-state index in [-0.39, 0.29) is 22.1 Å². The minimum Gasteiger partial charge on any atom is -0.507 e. The normalized spacial score (nSPS) is 12.5. The predicted octanol–water partition coefficient (Wildman–Crippen LogP) is 4.37. The van der Waals surface area contributed by atoms with E-state index in [1.807, 2.05) is 6.92 Å². The Bertz CT molecular complexity index is 508. The number of carboxylic acid groups (broad SMARTS) is 1. The third kappa shape index (κ3) is 3.75. The number of aromatic carboxylic acids is 1. The number of carbonyl (C=O) groups is 1. The molecule has 0 atom stereocenters. The van der Waals surface area contributed by atoms with Gasteiger partial charge in [-0.25, -0.2) is 4.79 Å². The first-order valence-corrected chi connectivity index (χ1v) is 7.07. The molecule has 1 rings (SSSR count). The van der Waals surface area contributed by atoms with E-state index in [0.29, 0.717) is 12.0 Å². The van der Waals surface area contributed by atoms with Crippen molar-refractivity contribution in [1.29, 1.82) is 0 Å². The number of hydrogen-bond donors (Lipinski definition) is 2. The van der Waals surface area contributed by atoms with Crippen LogP contribution >= 0.6 is 0 Å². The van der Waals surface area contributed by atoms with Crippen molar-refractivity contribution in [3.05, 3.63) is 28.8 Å². The fraction of sp³-hybridized carbons (Fsp3) is 0.588. The molecule has 0 heterocycles. The van der Waals surface area contributed by atoms with Gasteiger partial charge in [0.25, 0.3) is 0 Å². The lowest BCUT2D eigenvalue weighted by molar-refractivity contribution is 0.0696. The highest BCUT2D eigenvalue weighted by Crippen LogP contribution is 2.41. The third-order valence-corrected chi connectivity index (χ3v) is 3.52. The lowest BCUT2D eigenvalue weighted by atomic mass is 9.71. The van der Waals surface area contributed by atoms with Crippen molar-refractivity contribution < 1.29 is 15.0 Å². The molecule has 0 aliphatic heterocycles. The van der Waals surface area contributed by atoms with Gasteiger partial charge in [-0.2, -0.15) is 0 Å². The molecule has 0 amide bonds. The number of aryl methyl sites for hydroxylation is 1. The number of hydrogen-bond acceptors (Lipinski definition) is 2. The second-order valence-electron chi connectivity index (χ2n) is 7.31. The van der Waals surface area contributed by atoms with E-state index in [0.717, 1.165) is 12.0 Å². The molecule has 0 fully saturated rings. The van der Waals surface area contributed by atoms with Gasteiger partial charge in [0, 0.05) is 5.56 Å². The van der Waals surface area contributed by atoms with Crippen LogP contribution in [-0.4, -0.2) is 16.2 Å². The van der Waals surface area contributed by atoms with E-state index in [1.165, 1.54) is 0 Å². The Morgan fingerprint density at radius 2 is 1.70 bits per heavy atom. The van der Waals surface area contributed by atoms with Gasteiger partial charge >= 0.3 is 5.97 Å². The maximum absolute atomic E-state index is 11.3. The Kier molecular flexibility index (Phi) is 4.52. The summed E-state index contributed by atoms with van der Waals surface area (Å²) < 4.78 is 0. The van der Waals surface area contributed by atoms with Crippen LogP contribution in [0, 0.1) is 5.41 Å². The van der Waals surface area contributed by atoms with Gasteiger partial charge in [0.1, 0.15) is 5.75 Å². The minimum absolute atomic E-state index is 0.0988. The average molecular weight is 278 g/mol. The highest BCUT2D eigenvalue weighted by molar-refractivity contribution is 5.88. The molecule has 0 saturated heterocycles. The summed E-state index contributed by atoms with van der Waals surface area (Å²) >= 11 is 0. The highest BCUT2D eigenvalue weighted by atomic mass is 16.4. The first-order chi connectivity index (χ1) is 8.98. The maximum atomic E-state index is 11.3. The Labute approximate surface area is 121 Å². The lowest BCUT2D eigenvalue weighted by Gasteiger charge is -2.34. The molecule has 1 aromatic carbocycles. The summed E-state index contributed by atoms with van der Waals surface area (Å²) in [5, 5.41) is 19.7. The highest BCUT2D eigenvalue weighted by Gasteiger charge is 2.31. The van der Waals surface area contributed by atoms with Gasteiger partial charge in [0.15, 0.2) is 0 Å². The number of rotatable bonds is 4. The predicted molar refractivity (Wildman–Crippen MR) is 81.5 cm³/mol. The SMILES string of the molecule is CCc1cc(C(=O)O)cc(C(C)(C)CC(C)(C)C)c1O.